The van der Waals surface area contributed by atoms with Gasteiger partial charge in [-0.3, -0.25) is 4.79 Å². The molecule has 1 aromatic heterocycles. The molecule has 92 valence electrons. The lowest BCUT2D eigenvalue weighted by Gasteiger charge is -2.13. The minimum absolute atomic E-state index is 0.0914. The van der Waals surface area contributed by atoms with Crippen molar-refractivity contribution in [1.29, 1.82) is 5.26 Å². The topological polar surface area (TPSA) is 75.1 Å². The first kappa shape index (κ1) is 13.3. The Morgan fingerprint density at radius 3 is 2.59 bits per heavy atom. The molecule has 0 saturated carbocycles. The summed E-state index contributed by atoms with van der Waals surface area (Å²) in [5.41, 5.74) is 0.833. The molecule has 1 N–H and O–H groups in total. The van der Waals surface area contributed by atoms with Crippen LogP contribution in [-0.2, 0) is 11.3 Å². The van der Waals surface area contributed by atoms with E-state index in [-0.39, 0.29) is 12.2 Å². The SMILES string of the molecule is CCOCc1[nH]c(=O)c(C#N)c(C)c1OCC. The minimum Gasteiger partial charge on any atom is -0.492 e. The molecule has 0 aliphatic rings. The summed E-state index contributed by atoms with van der Waals surface area (Å²) in [6.07, 6.45) is 0. The zero-order valence-corrected chi connectivity index (χ0v) is 10.3. The van der Waals surface area contributed by atoms with Gasteiger partial charge in [-0.15, -0.1) is 0 Å². The molecular weight excluding hydrogens is 220 g/mol. The van der Waals surface area contributed by atoms with Gasteiger partial charge in [0.05, 0.1) is 18.9 Å². The fraction of sp³-hybridized carbons (Fsp3) is 0.500. The molecule has 0 fully saturated rings. The number of nitriles is 1. The molecule has 1 heterocycles. The van der Waals surface area contributed by atoms with Crippen molar-refractivity contribution in [2.75, 3.05) is 13.2 Å². The maximum absolute atomic E-state index is 11.6. The Bertz CT molecular complexity index is 486. The highest BCUT2D eigenvalue weighted by atomic mass is 16.5. The first-order valence-electron chi connectivity index (χ1n) is 5.52. The van der Waals surface area contributed by atoms with Gasteiger partial charge in [0, 0.05) is 12.2 Å². The van der Waals surface area contributed by atoms with Crippen LogP contribution in [0.3, 0.4) is 0 Å². The molecule has 0 spiro atoms. The lowest BCUT2D eigenvalue weighted by Crippen LogP contribution is -2.17. The molecule has 0 amide bonds. The second-order valence-electron chi connectivity index (χ2n) is 3.44. The predicted octanol–water partition coefficient (Wildman–Crippen LogP) is 1.49. The number of hydrogen-bond acceptors (Lipinski definition) is 4. The Morgan fingerprint density at radius 1 is 1.35 bits per heavy atom. The predicted molar refractivity (Wildman–Crippen MR) is 63.0 cm³/mol. The number of ether oxygens (including phenoxy) is 2. The average Bonchev–Trinajstić information content (AvgIpc) is 2.31. The Hall–Kier alpha value is -1.80. The summed E-state index contributed by atoms with van der Waals surface area (Å²) in [5.74, 6) is 0.539. The largest absolute Gasteiger partial charge is 0.492 e. The summed E-state index contributed by atoms with van der Waals surface area (Å²) in [5, 5.41) is 8.90. The normalized spacial score (nSPS) is 10.0. The van der Waals surface area contributed by atoms with Crippen LogP contribution in [0.25, 0.3) is 0 Å². The third kappa shape index (κ3) is 2.86. The lowest BCUT2D eigenvalue weighted by atomic mass is 10.1. The third-order valence-electron chi connectivity index (χ3n) is 2.33. The van der Waals surface area contributed by atoms with Crippen LogP contribution in [0.2, 0.25) is 0 Å². The number of aromatic nitrogens is 1. The molecule has 0 aliphatic heterocycles. The van der Waals surface area contributed by atoms with E-state index in [1.54, 1.807) is 6.92 Å². The van der Waals surface area contributed by atoms with Crippen LogP contribution < -0.4 is 10.3 Å². The second-order valence-corrected chi connectivity index (χ2v) is 3.44. The quantitative estimate of drug-likeness (QED) is 0.840. The molecule has 5 heteroatoms. The monoisotopic (exact) mass is 236 g/mol. The first-order chi connectivity index (χ1) is 8.15. The van der Waals surface area contributed by atoms with E-state index < -0.39 is 5.56 Å². The van der Waals surface area contributed by atoms with Crippen molar-refractivity contribution < 1.29 is 9.47 Å². The Morgan fingerprint density at radius 2 is 2.06 bits per heavy atom. The highest BCUT2D eigenvalue weighted by Gasteiger charge is 2.15. The van der Waals surface area contributed by atoms with Crippen LogP contribution in [0, 0.1) is 18.3 Å². The van der Waals surface area contributed by atoms with Gasteiger partial charge in [0.25, 0.3) is 5.56 Å². The molecule has 0 radical (unpaired) electrons. The summed E-state index contributed by atoms with van der Waals surface area (Å²) in [4.78, 5) is 14.3. The number of hydrogen-bond donors (Lipinski definition) is 1. The van der Waals surface area contributed by atoms with Gasteiger partial charge in [0.15, 0.2) is 0 Å². The van der Waals surface area contributed by atoms with Gasteiger partial charge in [-0.25, -0.2) is 0 Å². The van der Waals surface area contributed by atoms with E-state index in [0.29, 0.717) is 30.2 Å². The summed E-state index contributed by atoms with van der Waals surface area (Å²) >= 11 is 0. The van der Waals surface area contributed by atoms with Gasteiger partial charge in [-0.2, -0.15) is 5.26 Å². The van der Waals surface area contributed by atoms with Crippen LogP contribution >= 0.6 is 0 Å². The van der Waals surface area contributed by atoms with Crippen molar-refractivity contribution in [2.45, 2.75) is 27.4 Å². The minimum atomic E-state index is -0.400. The molecule has 0 atom stereocenters. The summed E-state index contributed by atoms with van der Waals surface area (Å²) in [6, 6.07) is 1.88. The number of pyridine rings is 1. The number of rotatable bonds is 5. The Labute approximate surface area is 100.0 Å². The molecule has 1 rings (SSSR count). The standard InChI is InChI=1S/C12H16N2O3/c1-4-16-7-10-11(17-5-2)8(3)9(6-13)12(15)14-10/h4-5,7H2,1-3H3,(H,14,15). The van der Waals surface area contributed by atoms with Gasteiger partial charge in [-0.1, -0.05) is 0 Å². The van der Waals surface area contributed by atoms with Crippen molar-refractivity contribution in [3.8, 4) is 11.8 Å². The van der Waals surface area contributed by atoms with E-state index in [9.17, 15) is 4.79 Å². The fourth-order valence-corrected chi connectivity index (χ4v) is 1.55. The molecule has 0 unspecified atom stereocenters. The van der Waals surface area contributed by atoms with Crippen LogP contribution in [0.5, 0.6) is 5.75 Å². The van der Waals surface area contributed by atoms with E-state index in [1.165, 1.54) is 0 Å². The van der Waals surface area contributed by atoms with Crippen molar-refractivity contribution in [2.24, 2.45) is 0 Å². The molecule has 0 bridgehead atoms. The highest BCUT2D eigenvalue weighted by Crippen LogP contribution is 2.23. The van der Waals surface area contributed by atoms with Gasteiger partial charge >= 0.3 is 0 Å². The van der Waals surface area contributed by atoms with E-state index in [2.05, 4.69) is 4.98 Å². The van der Waals surface area contributed by atoms with Gasteiger partial charge in [0.1, 0.15) is 17.4 Å². The zero-order valence-electron chi connectivity index (χ0n) is 10.3. The summed E-state index contributed by atoms with van der Waals surface area (Å²) in [6.45, 7) is 6.71. The van der Waals surface area contributed by atoms with Gasteiger partial charge in [-0.05, 0) is 20.8 Å². The van der Waals surface area contributed by atoms with Gasteiger partial charge in [0.2, 0.25) is 0 Å². The molecule has 0 aliphatic carbocycles. The van der Waals surface area contributed by atoms with E-state index >= 15 is 0 Å². The third-order valence-corrected chi connectivity index (χ3v) is 2.33. The summed E-state index contributed by atoms with van der Waals surface area (Å²) < 4.78 is 10.7. The maximum Gasteiger partial charge on any atom is 0.266 e. The molecular formula is C12H16N2O3. The van der Waals surface area contributed by atoms with Crippen LogP contribution in [0.15, 0.2) is 4.79 Å². The van der Waals surface area contributed by atoms with E-state index in [4.69, 9.17) is 14.7 Å². The Kier molecular flexibility index (Phi) is 4.73. The zero-order chi connectivity index (χ0) is 12.8. The molecule has 17 heavy (non-hydrogen) atoms. The molecule has 0 aromatic carbocycles. The first-order valence-corrected chi connectivity index (χ1v) is 5.52. The average molecular weight is 236 g/mol. The smallest absolute Gasteiger partial charge is 0.266 e. The highest BCUT2D eigenvalue weighted by molar-refractivity contribution is 5.46. The van der Waals surface area contributed by atoms with Crippen molar-refractivity contribution in [3.05, 3.63) is 27.2 Å². The number of H-pyrrole nitrogens is 1. The number of aromatic amines is 1. The fourth-order valence-electron chi connectivity index (χ4n) is 1.55. The van der Waals surface area contributed by atoms with Crippen molar-refractivity contribution >= 4 is 0 Å². The lowest BCUT2D eigenvalue weighted by molar-refractivity contribution is 0.128. The summed E-state index contributed by atoms with van der Waals surface area (Å²) in [7, 11) is 0. The number of nitrogens with one attached hydrogen (secondary N) is 1. The second kappa shape index (κ2) is 6.06. The molecule has 5 nitrogen and oxygen atoms in total. The van der Waals surface area contributed by atoms with Crippen LogP contribution in [0.4, 0.5) is 0 Å². The maximum atomic E-state index is 11.6. The van der Waals surface area contributed by atoms with Crippen LogP contribution in [-0.4, -0.2) is 18.2 Å². The number of nitrogens with zero attached hydrogens (tertiary/aromatic N) is 1. The van der Waals surface area contributed by atoms with E-state index in [1.807, 2.05) is 19.9 Å². The van der Waals surface area contributed by atoms with Crippen LogP contribution in [0.1, 0.15) is 30.7 Å². The van der Waals surface area contributed by atoms with E-state index in [0.717, 1.165) is 0 Å². The van der Waals surface area contributed by atoms with Gasteiger partial charge < -0.3 is 14.5 Å². The van der Waals surface area contributed by atoms with Crippen molar-refractivity contribution in [3.63, 3.8) is 0 Å². The molecule has 1 aromatic rings. The molecule has 0 saturated heterocycles. The Balaban J connectivity index is 3.29. The van der Waals surface area contributed by atoms with Crippen molar-refractivity contribution in [1.82, 2.24) is 4.98 Å².